The maximum Gasteiger partial charge on any atom is 0.261 e. The van der Waals surface area contributed by atoms with Crippen LogP contribution in [0.1, 0.15) is 25.7 Å². The monoisotopic (exact) mass is 235 g/mol. The number of aryl methyl sites for hydroxylation is 1. The van der Waals surface area contributed by atoms with E-state index in [9.17, 15) is 4.79 Å². The van der Waals surface area contributed by atoms with Crippen molar-refractivity contribution in [3.8, 4) is 0 Å². The van der Waals surface area contributed by atoms with Crippen LogP contribution in [0.3, 0.4) is 0 Å². The molecule has 0 fully saturated rings. The van der Waals surface area contributed by atoms with Crippen LogP contribution in [0, 0.1) is 0 Å². The van der Waals surface area contributed by atoms with Gasteiger partial charge in [-0.2, -0.15) is 0 Å². The van der Waals surface area contributed by atoms with E-state index < -0.39 is 0 Å². The van der Waals surface area contributed by atoms with Gasteiger partial charge in [0, 0.05) is 19.3 Å². The van der Waals surface area contributed by atoms with Crippen LogP contribution in [0.2, 0.25) is 0 Å². The number of unbranched alkanes of at least 4 members (excludes halogenated alkanes) is 3. The predicted octanol–water partition coefficient (Wildman–Crippen LogP) is 2.15. The zero-order valence-corrected chi connectivity index (χ0v) is 9.76. The Hall–Kier alpha value is -1.55. The number of pyridine rings is 1. The number of furan rings is 1. The third-order valence-corrected chi connectivity index (χ3v) is 2.90. The van der Waals surface area contributed by atoms with Crippen molar-refractivity contribution in [3.63, 3.8) is 0 Å². The molecule has 2 rings (SSSR count). The molecule has 2 heterocycles. The molecule has 0 aliphatic carbocycles. The first-order chi connectivity index (χ1) is 8.33. The van der Waals surface area contributed by atoms with Crippen LogP contribution < -0.4 is 5.56 Å². The van der Waals surface area contributed by atoms with E-state index in [2.05, 4.69) is 0 Å². The molecule has 4 nitrogen and oxygen atoms in total. The lowest BCUT2D eigenvalue weighted by Gasteiger charge is -2.04. The molecule has 1 N–H and O–H groups in total. The predicted molar refractivity (Wildman–Crippen MR) is 66.0 cm³/mol. The highest BCUT2D eigenvalue weighted by molar-refractivity contribution is 5.75. The largest absolute Gasteiger partial charge is 0.464 e. The van der Waals surface area contributed by atoms with Gasteiger partial charge in [0.25, 0.3) is 5.56 Å². The van der Waals surface area contributed by atoms with Crippen LogP contribution in [-0.2, 0) is 6.54 Å². The van der Waals surface area contributed by atoms with Crippen molar-refractivity contribution in [1.29, 1.82) is 0 Å². The minimum Gasteiger partial charge on any atom is -0.464 e. The second-order valence-corrected chi connectivity index (χ2v) is 4.15. The molecule has 0 saturated heterocycles. The summed E-state index contributed by atoms with van der Waals surface area (Å²) in [5.41, 5.74) is 0.657. The number of nitrogens with zero attached hydrogens (tertiary/aromatic N) is 1. The molecule has 0 radical (unpaired) electrons. The first-order valence-electron chi connectivity index (χ1n) is 6.00. The van der Waals surface area contributed by atoms with E-state index in [1.807, 2.05) is 6.07 Å². The highest BCUT2D eigenvalue weighted by Crippen LogP contribution is 2.10. The Morgan fingerprint density at radius 2 is 2.00 bits per heavy atom. The molecule has 0 aliphatic rings. The average Bonchev–Trinajstić information content (AvgIpc) is 2.80. The van der Waals surface area contributed by atoms with Gasteiger partial charge < -0.3 is 14.1 Å². The summed E-state index contributed by atoms with van der Waals surface area (Å²) >= 11 is 0. The summed E-state index contributed by atoms with van der Waals surface area (Å²) in [6.07, 6.45) is 7.17. The van der Waals surface area contributed by atoms with Crippen LogP contribution in [0.25, 0.3) is 11.0 Å². The summed E-state index contributed by atoms with van der Waals surface area (Å²) < 4.78 is 6.89. The minimum atomic E-state index is 0.0124. The van der Waals surface area contributed by atoms with Crippen molar-refractivity contribution < 1.29 is 9.52 Å². The van der Waals surface area contributed by atoms with Gasteiger partial charge in [-0.25, -0.2) is 0 Å². The number of hydrogen-bond acceptors (Lipinski definition) is 3. The lowest BCUT2D eigenvalue weighted by Crippen LogP contribution is -2.18. The van der Waals surface area contributed by atoms with E-state index in [1.165, 1.54) is 6.26 Å². The highest BCUT2D eigenvalue weighted by atomic mass is 16.3. The third-order valence-electron chi connectivity index (χ3n) is 2.90. The second-order valence-electron chi connectivity index (χ2n) is 4.15. The molecular weight excluding hydrogens is 218 g/mol. The van der Waals surface area contributed by atoms with E-state index in [0.29, 0.717) is 11.0 Å². The van der Waals surface area contributed by atoms with Crippen molar-refractivity contribution in [2.24, 2.45) is 0 Å². The maximum absolute atomic E-state index is 12.0. The van der Waals surface area contributed by atoms with Gasteiger partial charge >= 0.3 is 0 Å². The quantitative estimate of drug-likeness (QED) is 0.780. The zero-order valence-electron chi connectivity index (χ0n) is 9.76. The molecule has 2 aromatic heterocycles. The Kier molecular flexibility index (Phi) is 3.98. The maximum atomic E-state index is 12.0. The number of hydrogen-bond donors (Lipinski definition) is 1. The number of aliphatic hydroxyl groups excluding tert-OH is 1. The van der Waals surface area contributed by atoms with Crippen molar-refractivity contribution in [1.82, 2.24) is 4.57 Å². The van der Waals surface area contributed by atoms with E-state index in [4.69, 9.17) is 9.52 Å². The molecule has 0 bridgehead atoms. The van der Waals surface area contributed by atoms with Crippen LogP contribution in [-0.4, -0.2) is 16.3 Å². The van der Waals surface area contributed by atoms with E-state index >= 15 is 0 Å². The van der Waals surface area contributed by atoms with Crippen molar-refractivity contribution in [3.05, 3.63) is 34.9 Å². The number of rotatable bonds is 6. The van der Waals surface area contributed by atoms with Crippen molar-refractivity contribution in [2.45, 2.75) is 32.2 Å². The van der Waals surface area contributed by atoms with Crippen molar-refractivity contribution in [2.75, 3.05) is 6.61 Å². The zero-order chi connectivity index (χ0) is 12.1. The highest BCUT2D eigenvalue weighted by Gasteiger charge is 2.04. The van der Waals surface area contributed by atoms with E-state index in [0.717, 1.165) is 32.2 Å². The summed E-state index contributed by atoms with van der Waals surface area (Å²) in [5, 5.41) is 9.30. The summed E-state index contributed by atoms with van der Waals surface area (Å²) in [4.78, 5) is 12.0. The number of fused-ring (bicyclic) bond motifs is 1. The van der Waals surface area contributed by atoms with E-state index in [-0.39, 0.29) is 12.2 Å². The van der Waals surface area contributed by atoms with Gasteiger partial charge in [-0.3, -0.25) is 4.79 Å². The van der Waals surface area contributed by atoms with Crippen LogP contribution >= 0.6 is 0 Å². The Labute approximate surface area is 99.5 Å². The van der Waals surface area contributed by atoms with Gasteiger partial charge in [-0.05, 0) is 25.0 Å². The Balaban J connectivity index is 1.99. The third kappa shape index (κ3) is 2.77. The topological polar surface area (TPSA) is 55.4 Å². The summed E-state index contributed by atoms with van der Waals surface area (Å²) in [5.74, 6) is 0. The molecule has 0 unspecified atom stereocenters. The summed E-state index contributed by atoms with van der Waals surface area (Å²) in [6, 6.07) is 3.53. The standard InChI is InChI=1S/C13H17NO3/c15-9-4-2-1-3-7-14-8-5-12-11(13(14)16)6-10-17-12/h5-6,8,10,15H,1-4,7,9H2. The Morgan fingerprint density at radius 1 is 1.18 bits per heavy atom. The Bertz CT molecular complexity index is 527. The molecule has 0 atom stereocenters. The molecule has 0 aromatic carbocycles. The molecular formula is C13H17NO3. The SMILES string of the molecule is O=c1c2ccoc2ccn1CCCCCCO. The van der Waals surface area contributed by atoms with Gasteiger partial charge in [0.2, 0.25) is 0 Å². The minimum absolute atomic E-state index is 0.0124. The molecule has 0 spiro atoms. The van der Waals surface area contributed by atoms with Gasteiger partial charge in [-0.1, -0.05) is 12.8 Å². The number of aromatic nitrogens is 1. The lowest BCUT2D eigenvalue weighted by molar-refractivity contribution is 0.282. The van der Waals surface area contributed by atoms with Gasteiger partial charge in [0.15, 0.2) is 0 Å². The van der Waals surface area contributed by atoms with Crippen LogP contribution in [0.15, 0.2) is 33.8 Å². The molecule has 2 aromatic rings. The summed E-state index contributed by atoms with van der Waals surface area (Å²) in [7, 11) is 0. The lowest BCUT2D eigenvalue weighted by atomic mass is 10.2. The first kappa shape index (κ1) is 11.9. The molecule has 0 saturated carbocycles. The number of aliphatic hydroxyl groups is 1. The smallest absolute Gasteiger partial charge is 0.261 e. The molecule has 92 valence electrons. The fraction of sp³-hybridized carbons (Fsp3) is 0.462. The second kappa shape index (κ2) is 5.68. The average molecular weight is 235 g/mol. The molecule has 17 heavy (non-hydrogen) atoms. The first-order valence-corrected chi connectivity index (χ1v) is 6.00. The molecule has 0 amide bonds. The van der Waals surface area contributed by atoms with E-state index in [1.54, 1.807) is 16.8 Å². The van der Waals surface area contributed by atoms with Gasteiger partial charge in [0.05, 0.1) is 11.6 Å². The fourth-order valence-electron chi connectivity index (χ4n) is 1.93. The summed E-state index contributed by atoms with van der Waals surface area (Å²) in [6.45, 7) is 0.978. The van der Waals surface area contributed by atoms with Gasteiger partial charge in [0.1, 0.15) is 5.58 Å². The van der Waals surface area contributed by atoms with Crippen LogP contribution in [0.4, 0.5) is 0 Å². The Morgan fingerprint density at radius 3 is 2.82 bits per heavy atom. The molecule has 0 aliphatic heterocycles. The fourth-order valence-corrected chi connectivity index (χ4v) is 1.93. The van der Waals surface area contributed by atoms with Crippen LogP contribution in [0.5, 0.6) is 0 Å². The van der Waals surface area contributed by atoms with Crippen molar-refractivity contribution >= 4 is 11.0 Å². The normalized spacial score (nSPS) is 11.1. The molecule has 4 heteroatoms. The van der Waals surface area contributed by atoms with Gasteiger partial charge in [-0.15, -0.1) is 0 Å².